The molecule has 0 spiro atoms. The fourth-order valence-corrected chi connectivity index (χ4v) is 4.14. The van der Waals surface area contributed by atoms with Crippen molar-refractivity contribution in [3.05, 3.63) is 64.7 Å². The summed E-state index contributed by atoms with van der Waals surface area (Å²) >= 11 is 6.03. The number of benzene rings is 2. The number of nitrogens with one attached hydrogen (secondary N) is 1. The second-order valence-electron chi connectivity index (χ2n) is 5.94. The second-order valence-corrected chi connectivity index (χ2v) is 8.15. The van der Waals surface area contributed by atoms with Crippen LogP contribution in [-0.4, -0.2) is 34.7 Å². The van der Waals surface area contributed by atoms with Crippen LogP contribution in [0.15, 0.2) is 48.5 Å². The van der Waals surface area contributed by atoms with E-state index >= 15 is 0 Å². The van der Waals surface area contributed by atoms with Crippen LogP contribution in [0.4, 0.5) is 5.69 Å². The normalized spacial score (nSPS) is 15.3. The smallest absolute Gasteiger partial charge is 0.216 e. The van der Waals surface area contributed by atoms with Crippen molar-refractivity contribution in [2.75, 3.05) is 31.2 Å². The molecular formula is C18H21ClN2O3S. The predicted molar refractivity (Wildman–Crippen MR) is 100 cm³/mol. The number of sulfonamides is 1. The Labute approximate surface area is 153 Å². The van der Waals surface area contributed by atoms with Gasteiger partial charge in [-0.1, -0.05) is 41.9 Å². The molecular weight excluding hydrogens is 360 g/mol. The SMILES string of the molecule is O=S(=O)(Cc1ccccc1Cl)NCc1ccc(N2CCOCC2)cc1. The highest BCUT2D eigenvalue weighted by Gasteiger charge is 2.14. The summed E-state index contributed by atoms with van der Waals surface area (Å²) in [5.41, 5.74) is 2.64. The lowest BCUT2D eigenvalue weighted by Crippen LogP contribution is -2.36. The van der Waals surface area contributed by atoms with E-state index in [9.17, 15) is 8.42 Å². The molecule has 25 heavy (non-hydrogen) atoms. The zero-order valence-corrected chi connectivity index (χ0v) is 15.4. The quantitative estimate of drug-likeness (QED) is 0.837. The summed E-state index contributed by atoms with van der Waals surface area (Å²) < 4.78 is 32.5. The average molecular weight is 381 g/mol. The number of hydrogen-bond acceptors (Lipinski definition) is 4. The van der Waals surface area contributed by atoms with Gasteiger partial charge in [-0.25, -0.2) is 13.1 Å². The van der Waals surface area contributed by atoms with Gasteiger partial charge in [-0.05, 0) is 29.3 Å². The van der Waals surface area contributed by atoms with Crippen molar-refractivity contribution in [1.82, 2.24) is 4.72 Å². The van der Waals surface area contributed by atoms with Crippen molar-refractivity contribution in [2.45, 2.75) is 12.3 Å². The van der Waals surface area contributed by atoms with Crippen LogP contribution in [0.5, 0.6) is 0 Å². The summed E-state index contributed by atoms with van der Waals surface area (Å²) in [7, 11) is -3.45. The first-order valence-electron chi connectivity index (χ1n) is 8.16. The van der Waals surface area contributed by atoms with Crippen LogP contribution in [0.3, 0.4) is 0 Å². The molecule has 2 aromatic carbocycles. The summed E-state index contributed by atoms with van der Waals surface area (Å²) in [6, 6.07) is 14.9. The van der Waals surface area contributed by atoms with Crippen LogP contribution in [0, 0.1) is 0 Å². The van der Waals surface area contributed by atoms with Gasteiger partial charge in [-0.3, -0.25) is 0 Å². The molecule has 2 aromatic rings. The predicted octanol–water partition coefficient (Wildman–Crippen LogP) is 2.80. The number of morpholine rings is 1. The number of hydrogen-bond donors (Lipinski definition) is 1. The van der Waals surface area contributed by atoms with Crippen LogP contribution < -0.4 is 9.62 Å². The Morgan fingerprint density at radius 3 is 2.40 bits per heavy atom. The van der Waals surface area contributed by atoms with Gasteiger partial charge < -0.3 is 9.64 Å². The van der Waals surface area contributed by atoms with Gasteiger partial charge in [0.2, 0.25) is 10.0 Å². The zero-order chi connectivity index (χ0) is 17.7. The monoisotopic (exact) mass is 380 g/mol. The summed E-state index contributed by atoms with van der Waals surface area (Å²) in [6.07, 6.45) is 0. The number of ether oxygens (including phenoxy) is 1. The van der Waals surface area contributed by atoms with Crippen LogP contribution in [0.25, 0.3) is 0 Å². The molecule has 0 radical (unpaired) electrons. The minimum atomic E-state index is -3.45. The molecule has 134 valence electrons. The van der Waals surface area contributed by atoms with Crippen LogP contribution in [0.2, 0.25) is 5.02 Å². The fourth-order valence-electron chi connectivity index (χ4n) is 2.71. The number of nitrogens with zero attached hydrogens (tertiary/aromatic N) is 1. The molecule has 0 aliphatic carbocycles. The third-order valence-electron chi connectivity index (χ3n) is 4.11. The van der Waals surface area contributed by atoms with Crippen molar-refractivity contribution >= 4 is 27.3 Å². The van der Waals surface area contributed by atoms with Crippen LogP contribution in [-0.2, 0) is 27.1 Å². The fraction of sp³-hybridized carbons (Fsp3) is 0.333. The molecule has 1 saturated heterocycles. The van der Waals surface area contributed by atoms with Gasteiger partial charge in [0.15, 0.2) is 0 Å². The average Bonchev–Trinajstić information content (AvgIpc) is 2.63. The first kappa shape index (κ1) is 18.2. The van der Waals surface area contributed by atoms with E-state index in [-0.39, 0.29) is 12.3 Å². The standard InChI is InChI=1S/C18H21ClN2O3S/c19-18-4-2-1-3-16(18)14-25(22,23)20-13-15-5-7-17(8-6-15)21-9-11-24-12-10-21/h1-8,20H,9-14H2. The molecule has 1 N–H and O–H groups in total. The molecule has 1 fully saturated rings. The Bertz CT molecular complexity index is 803. The highest BCUT2D eigenvalue weighted by Crippen LogP contribution is 2.18. The van der Waals surface area contributed by atoms with Crippen molar-refractivity contribution in [3.63, 3.8) is 0 Å². The van der Waals surface area contributed by atoms with E-state index in [1.54, 1.807) is 24.3 Å². The summed E-state index contributed by atoms with van der Waals surface area (Å²) in [6.45, 7) is 3.50. The third-order valence-corrected chi connectivity index (χ3v) is 5.76. The van der Waals surface area contributed by atoms with E-state index < -0.39 is 10.0 Å². The van der Waals surface area contributed by atoms with E-state index in [1.165, 1.54) is 0 Å². The van der Waals surface area contributed by atoms with Crippen LogP contribution in [0.1, 0.15) is 11.1 Å². The maximum absolute atomic E-state index is 12.2. The van der Waals surface area contributed by atoms with Crippen molar-refractivity contribution in [2.24, 2.45) is 0 Å². The topological polar surface area (TPSA) is 58.6 Å². The molecule has 0 atom stereocenters. The number of rotatable bonds is 6. The lowest BCUT2D eigenvalue weighted by atomic mass is 10.2. The van der Waals surface area contributed by atoms with Gasteiger partial charge in [0, 0.05) is 30.3 Å². The molecule has 1 aliphatic rings. The highest BCUT2D eigenvalue weighted by molar-refractivity contribution is 7.88. The van der Waals surface area contributed by atoms with E-state index in [2.05, 4.69) is 9.62 Å². The van der Waals surface area contributed by atoms with Gasteiger partial charge in [-0.2, -0.15) is 0 Å². The molecule has 3 rings (SSSR count). The first-order chi connectivity index (χ1) is 12.0. The van der Waals surface area contributed by atoms with Gasteiger partial charge in [0.1, 0.15) is 0 Å². The van der Waals surface area contributed by atoms with Crippen molar-refractivity contribution in [3.8, 4) is 0 Å². The Kier molecular flexibility index (Phi) is 5.96. The minimum Gasteiger partial charge on any atom is -0.378 e. The molecule has 7 heteroatoms. The molecule has 0 bridgehead atoms. The lowest BCUT2D eigenvalue weighted by Gasteiger charge is -2.28. The maximum atomic E-state index is 12.2. The highest BCUT2D eigenvalue weighted by atomic mass is 35.5. The Morgan fingerprint density at radius 1 is 1.04 bits per heavy atom. The minimum absolute atomic E-state index is 0.126. The molecule has 0 unspecified atom stereocenters. The van der Waals surface area contributed by atoms with Crippen molar-refractivity contribution in [1.29, 1.82) is 0 Å². The molecule has 1 heterocycles. The molecule has 0 aromatic heterocycles. The molecule has 0 saturated carbocycles. The van der Waals surface area contributed by atoms with Gasteiger partial charge in [-0.15, -0.1) is 0 Å². The summed E-state index contributed by atoms with van der Waals surface area (Å²) in [4.78, 5) is 2.26. The van der Waals surface area contributed by atoms with Crippen LogP contribution >= 0.6 is 11.6 Å². The third kappa shape index (κ3) is 5.19. The lowest BCUT2D eigenvalue weighted by molar-refractivity contribution is 0.122. The molecule has 0 amide bonds. The van der Waals surface area contributed by atoms with E-state index in [0.29, 0.717) is 10.6 Å². The van der Waals surface area contributed by atoms with E-state index in [1.807, 2.05) is 24.3 Å². The number of halogens is 1. The van der Waals surface area contributed by atoms with Gasteiger partial charge in [0.05, 0.1) is 19.0 Å². The summed E-state index contributed by atoms with van der Waals surface area (Å²) in [5, 5.41) is 0.461. The van der Waals surface area contributed by atoms with Crippen molar-refractivity contribution < 1.29 is 13.2 Å². The Morgan fingerprint density at radius 2 is 1.72 bits per heavy atom. The zero-order valence-electron chi connectivity index (χ0n) is 13.8. The molecule has 1 aliphatic heterocycles. The molecule has 5 nitrogen and oxygen atoms in total. The van der Waals surface area contributed by atoms with Gasteiger partial charge >= 0.3 is 0 Å². The Hall–Kier alpha value is -1.60. The summed E-state index contributed by atoms with van der Waals surface area (Å²) in [5.74, 6) is -0.126. The van der Waals surface area contributed by atoms with E-state index in [4.69, 9.17) is 16.3 Å². The Balaban J connectivity index is 1.58. The van der Waals surface area contributed by atoms with E-state index in [0.717, 1.165) is 37.6 Å². The largest absolute Gasteiger partial charge is 0.378 e. The maximum Gasteiger partial charge on any atom is 0.216 e. The second kappa shape index (κ2) is 8.19. The number of anilines is 1. The van der Waals surface area contributed by atoms with Gasteiger partial charge in [0.25, 0.3) is 0 Å². The first-order valence-corrected chi connectivity index (χ1v) is 10.2.